The molecule has 10 heteroatoms. The molecular weight excluding hydrogens is 365 g/mol. The molecule has 0 amide bonds. The number of hydrogen-bond donors (Lipinski definition) is 2. The third-order valence-electron chi connectivity index (χ3n) is 3.75. The zero-order chi connectivity index (χ0) is 17.7. The van der Waals surface area contributed by atoms with Crippen LogP contribution in [0.5, 0.6) is 0 Å². The Morgan fingerprint density at radius 1 is 1.46 bits per heavy atom. The molecule has 1 aliphatic rings. The first-order valence-electron chi connectivity index (χ1n) is 7.72. The first-order chi connectivity index (χ1) is 11.3. The number of ether oxygens (including phenoxy) is 1. The van der Waals surface area contributed by atoms with Crippen molar-refractivity contribution in [1.29, 1.82) is 0 Å². The Morgan fingerprint density at radius 2 is 2.21 bits per heavy atom. The van der Waals surface area contributed by atoms with Gasteiger partial charge in [0.15, 0.2) is 10.8 Å². The van der Waals surface area contributed by atoms with Gasteiger partial charge >= 0.3 is 6.18 Å². The van der Waals surface area contributed by atoms with E-state index in [-0.39, 0.29) is 11.1 Å². The van der Waals surface area contributed by atoms with Gasteiger partial charge < -0.3 is 15.4 Å². The van der Waals surface area contributed by atoms with Crippen molar-refractivity contribution in [3.05, 3.63) is 16.4 Å². The molecule has 1 fully saturated rings. The van der Waals surface area contributed by atoms with Gasteiger partial charge in [0.2, 0.25) is 0 Å². The van der Waals surface area contributed by atoms with Crippen LogP contribution >= 0.6 is 23.8 Å². The molecule has 0 aliphatic carbocycles. The highest BCUT2D eigenvalue weighted by molar-refractivity contribution is 7.80. The molecule has 1 atom stereocenters. The fourth-order valence-corrected chi connectivity index (χ4v) is 2.86. The highest BCUT2D eigenvalue weighted by Crippen LogP contribution is 2.35. The molecule has 1 saturated heterocycles. The lowest BCUT2D eigenvalue weighted by molar-refractivity contribution is -0.141. The van der Waals surface area contributed by atoms with E-state index in [1.807, 2.05) is 0 Å². The van der Waals surface area contributed by atoms with Gasteiger partial charge in [-0.25, -0.2) is 0 Å². The van der Waals surface area contributed by atoms with Gasteiger partial charge in [0.05, 0.1) is 16.8 Å². The molecule has 0 bridgehead atoms. The molecule has 5 nitrogen and oxygen atoms in total. The van der Waals surface area contributed by atoms with Crippen LogP contribution in [-0.2, 0) is 17.5 Å². The molecule has 1 aliphatic heterocycles. The third-order valence-corrected chi connectivity index (χ3v) is 4.49. The van der Waals surface area contributed by atoms with E-state index >= 15 is 0 Å². The minimum Gasteiger partial charge on any atom is -0.376 e. The number of nitrogens with zero attached hydrogens (tertiary/aromatic N) is 2. The summed E-state index contributed by atoms with van der Waals surface area (Å²) < 4.78 is 45.0. The van der Waals surface area contributed by atoms with Crippen molar-refractivity contribution in [2.75, 3.05) is 19.7 Å². The second kappa shape index (κ2) is 8.35. The van der Waals surface area contributed by atoms with Crippen LogP contribution in [0.15, 0.2) is 0 Å². The maximum Gasteiger partial charge on any atom is 0.436 e. The SMILES string of the molecule is Cc1c(Cl)c(C(F)(F)F)nn1CCCNC(=S)NC[C@H]1CCCO1. The van der Waals surface area contributed by atoms with Gasteiger partial charge in [-0.3, -0.25) is 4.68 Å². The fourth-order valence-electron chi connectivity index (χ4n) is 2.43. The van der Waals surface area contributed by atoms with Crippen molar-refractivity contribution in [3.63, 3.8) is 0 Å². The highest BCUT2D eigenvalue weighted by atomic mass is 35.5. The Kier molecular flexibility index (Phi) is 6.70. The smallest absolute Gasteiger partial charge is 0.376 e. The molecule has 0 saturated carbocycles. The van der Waals surface area contributed by atoms with E-state index in [2.05, 4.69) is 15.7 Å². The second-order valence-corrected chi connectivity index (χ2v) is 6.38. The number of aromatic nitrogens is 2. The number of thiocarbonyl (C=S) groups is 1. The van der Waals surface area contributed by atoms with Crippen molar-refractivity contribution >= 4 is 28.9 Å². The summed E-state index contributed by atoms with van der Waals surface area (Å²) in [6.07, 6.45) is -1.69. The van der Waals surface area contributed by atoms with Crippen LogP contribution in [0, 0.1) is 6.92 Å². The van der Waals surface area contributed by atoms with Crippen molar-refractivity contribution in [1.82, 2.24) is 20.4 Å². The Bertz CT molecular complexity index is 573. The summed E-state index contributed by atoms with van der Waals surface area (Å²) in [5, 5.41) is 9.81. The topological polar surface area (TPSA) is 51.1 Å². The summed E-state index contributed by atoms with van der Waals surface area (Å²) in [4.78, 5) is 0. The first-order valence-corrected chi connectivity index (χ1v) is 8.51. The molecule has 2 N–H and O–H groups in total. The van der Waals surface area contributed by atoms with Crippen LogP contribution in [0.1, 0.15) is 30.7 Å². The van der Waals surface area contributed by atoms with Crippen molar-refractivity contribution in [2.24, 2.45) is 0 Å². The van der Waals surface area contributed by atoms with Gasteiger partial charge in [-0.05, 0) is 38.4 Å². The molecule has 136 valence electrons. The van der Waals surface area contributed by atoms with Crippen LogP contribution < -0.4 is 10.6 Å². The standard InChI is InChI=1S/C14H20ClF3N4OS/c1-9-11(15)12(14(16,17)18)21-22(9)6-3-5-19-13(24)20-8-10-4-2-7-23-10/h10H,2-8H2,1H3,(H2,19,20,24)/t10-/m1/s1. The van der Waals surface area contributed by atoms with Crippen LogP contribution in [0.3, 0.4) is 0 Å². The molecular formula is C14H20ClF3N4OS. The number of rotatable bonds is 6. The molecule has 1 aromatic rings. The largest absolute Gasteiger partial charge is 0.436 e. The zero-order valence-corrected chi connectivity index (χ0v) is 14.8. The van der Waals surface area contributed by atoms with E-state index in [0.29, 0.717) is 36.9 Å². The van der Waals surface area contributed by atoms with Crippen LogP contribution in [0.25, 0.3) is 0 Å². The molecule has 0 radical (unpaired) electrons. The summed E-state index contributed by atoms with van der Waals surface area (Å²) in [5.74, 6) is 0. The molecule has 1 aromatic heterocycles. The predicted octanol–water partition coefficient (Wildman–Crippen LogP) is 2.90. The van der Waals surface area contributed by atoms with Crippen molar-refractivity contribution in [3.8, 4) is 0 Å². The maximum absolute atomic E-state index is 12.7. The Labute approximate surface area is 148 Å². The summed E-state index contributed by atoms with van der Waals surface area (Å²) >= 11 is 10.9. The summed E-state index contributed by atoms with van der Waals surface area (Å²) in [7, 11) is 0. The summed E-state index contributed by atoms with van der Waals surface area (Å²) in [6, 6.07) is 0. The van der Waals surface area contributed by atoms with Crippen LogP contribution in [0.4, 0.5) is 13.2 Å². The van der Waals surface area contributed by atoms with Crippen molar-refractivity contribution < 1.29 is 17.9 Å². The third kappa shape index (κ3) is 5.22. The molecule has 2 rings (SSSR count). The van der Waals surface area contributed by atoms with Crippen molar-refractivity contribution in [2.45, 2.75) is 45.0 Å². The summed E-state index contributed by atoms with van der Waals surface area (Å²) in [6.45, 7) is 3.82. The second-order valence-electron chi connectivity index (χ2n) is 5.59. The predicted molar refractivity (Wildman–Crippen MR) is 89.2 cm³/mol. The lowest BCUT2D eigenvalue weighted by Crippen LogP contribution is -2.39. The fraction of sp³-hybridized carbons (Fsp3) is 0.714. The van der Waals surface area contributed by atoms with E-state index in [1.165, 1.54) is 11.6 Å². The van der Waals surface area contributed by atoms with E-state index in [0.717, 1.165) is 19.4 Å². The normalized spacial score (nSPS) is 18.0. The van der Waals surface area contributed by atoms with E-state index < -0.39 is 11.9 Å². The average molecular weight is 385 g/mol. The number of alkyl halides is 3. The van der Waals surface area contributed by atoms with Gasteiger partial charge in [-0.1, -0.05) is 11.6 Å². The Hall–Kier alpha value is -1.06. The Morgan fingerprint density at radius 3 is 2.79 bits per heavy atom. The Balaban J connectivity index is 1.71. The molecule has 0 unspecified atom stereocenters. The maximum atomic E-state index is 12.7. The minimum absolute atomic E-state index is 0.194. The number of hydrogen-bond acceptors (Lipinski definition) is 3. The van der Waals surface area contributed by atoms with Gasteiger partial charge in [-0.15, -0.1) is 0 Å². The monoisotopic (exact) mass is 384 g/mol. The van der Waals surface area contributed by atoms with Crippen LogP contribution in [0.2, 0.25) is 5.02 Å². The number of halogens is 4. The van der Waals surface area contributed by atoms with Gasteiger partial charge in [0, 0.05) is 26.2 Å². The van der Waals surface area contributed by atoms with Gasteiger partial charge in [0.1, 0.15) is 0 Å². The van der Waals surface area contributed by atoms with Gasteiger partial charge in [-0.2, -0.15) is 18.3 Å². The molecule has 2 heterocycles. The zero-order valence-electron chi connectivity index (χ0n) is 13.2. The van der Waals surface area contributed by atoms with E-state index in [9.17, 15) is 13.2 Å². The number of aryl methyl sites for hydroxylation is 1. The van der Waals surface area contributed by atoms with Crippen LogP contribution in [-0.4, -0.2) is 40.7 Å². The lowest BCUT2D eigenvalue weighted by Gasteiger charge is -2.14. The first kappa shape index (κ1) is 19.3. The molecule has 24 heavy (non-hydrogen) atoms. The quantitative estimate of drug-likeness (QED) is 0.583. The molecule has 0 aromatic carbocycles. The number of nitrogens with one attached hydrogen (secondary N) is 2. The highest BCUT2D eigenvalue weighted by Gasteiger charge is 2.38. The average Bonchev–Trinajstić information content (AvgIpc) is 3.12. The van der Waals surface area contributed by atoms with E-state index in [4.69, 9.17) is 28.6 Å². The summed E-state index contributed by atoms with van der Waals surface area (Å²) in [5.41, 5.74) is -0.730. The minimum atomic E-state index is -4.54. The van der Waals surface area contributed by atoms with Gasteiger partial charge in [0.25, 0.3) is 0 Å². The lowest BCUT2D eigenvalue weighted by atomic mass is 10.2. The van der Waals surface area contributed by atoms with E-state index in [1.54, 1.807) is 0 Å². The molecule has 0 spiro atoms.